The zero-order chi connectivity index (χ0) is 14.0. The first-order chi connectivity index (χ1) is 8.99. The van der Waals surface area contributed by atoms with Crippen LogP contribution in [0.2, 0.25) is 0 Å². The van der Waals surface area contributed by atoms with Gasteiger partial charge in [-0.05, 0) is 50.0 Å². The Morgan fingerprint density at radius 2 is 2.05 bits per heavy atom. The average Bonchev–Trinajstić information content (AvgIpc) is 2.74. The van der Waals surface area contributed by atoms with Crippen LogP contribution in [-0.2, 0) is 17.6 Å². The van der Waals surface area contributed by atoms with Gasteiger partial charge in [0.1, 0.15) is 0 Å². The first-order valence-corrected chi connectivity index (χ1v) is 6.74. The molecule has 0 spiro atoms. The van der Waals surface area contributed by atoms with Crippen molar-refractivity contribution in [2.45, 2.75) is 37.8 Å². The highest BCUT2D eigenvalue weighted by atomic mass is 16.4. The van der Waals surface area contributed by atoms with Gasteiger partial charge in [0.2, 0.25) is 0 Å². The SMILES string of the molecule is CN(C)C(c1ccc2c(c1)CCC2)C(N)CC(=O)O. The van der Waals surface area contributed by atoms with Gasteiger partial charge >= 0.3 is 5.97 Å². The molecular weight excluding hydrogens is 240 g/mol. The van der Waals surface area contributed by atoms with Crippen molar-refractivity contribution in [2.24, 2.45) is 5.73 Å². The van der Waals surface area contributed by atoms with Crippen LogP contribution in [0, 0.1) is 0 Å². The third-order valence-corrected chi connectivity index (χ3v) is 3.84. The Morgan fingerprint density at radius 3 is 2.68 bits per heavy atom. The summed E-state index contributed by atoms with van der Waals surface area (Å²) in [5.74, 6) is -0.847. The normalized spacial score (nSPS) is 17.3. The number of fused-ring (bicyclic) bond motifs is 1. The number of benzene rings is 1. The smallest absolute Gasteiger partial charge is 0.304 e. The van der Waals surface area contributed by atoms with E-state index in [2.05, 4.69) is 18.2 Å². The zero-order valence-corrected chi connectivity index (χ0v) is 11.6. The van der Waals surface area contributed by atoms with E-state index in [1.54, 1.807) is 0 Å². The average molecular weight is 262 g/mol. The Labute approximate surface area is 114 Å². The summed E-state index contributed by atoms with van der Waals surface area (Å²) in [6.07, 6.45) is 3.48. The Morgan fingerprint density at radius 1 is 1.37 bits per heavy atom. The third kappa shape index (κ3) is 3.14. The first kappa shape index (κ1) is 14.0. The molecule has 0 saturated carbocycles. The van der Waals surface area contributed by atoms with Gasteiger partial charge in [-0.15, -0.1) is 0 Å². The van der Waals surface area contributed by atoms with Gasteiger partial charge in [0, 0.05) is 12.1 Å². The first-order valence-electron chi connectivity index (χ1n) is 6.74. The molecular formula is C15H22N2O2. The van der Waals surface area contributed by atoms with E-state index in [9.17, 15) is 4.79 Å². The van der Waals surface area contributed by atoms with Crippen LogP contribution in [-0.4, -0.2) is 36.1 Å². The molecule has 2 atom stereocenters. The van der Waals surface area contributed by atoms with Gasteiger partial charge in [-0.2, -0.15) is 0 Å². The summed E-state index contributed by atoms with van der Waals surface area (Å²) in [7, 11) is 3.89. The van der Waals surface area contributed by atoms with Gasteiger partial charge < -0.3 is 15.7 Å². The van der Waals surface area contributed by atoms with E-state index < -0.39 is 12.0 Å². The Balaban J connectivity index is 2.26. The summed E-state index contributed by atoms with van der Waals surface area (Å²) in [6.45, 7) is 0. The summed E-state index contributed by atoms with van der Waals surface area (Å²) >= 11 is 0. The van der Waals surface area contributed by atoms with Crippen LogP contribution in [0.15, 0.2) is 18.2 Å². The van der Waals surface area contributed by atoms with Gasteiger partial charge in [0.05, 0.1) is 6.42 Å². The van der Waals surface area contributed by atoms with E-state index in [0.29, 0.717) is 0 Å². The van der Waals surface area contributed by atoms with E-state index in [0.717, 1.165) is 18.4 Å². The third-order valence-electron chi connectivity index (χ3n) is 3.84. The molecule has 0 saturated heterocycles. The van der Waals surface area contributed by atoms with Crippen LogP contribution in [0.3, 0.4) is 0 Å². The Kier molecular flexibility index (Phi) is 4.22. The minimum Gasteiger partial charge on any atom is -0.481 e. The summed E-state index contributed by atoms with van der Waals surface area (Å²) in [5.41, 5.74) is 10.0. The maximum atomic E-state index is 10.9. The number of aliphatic carboxylic acids is 1. The second-order valence-electron chi connectivity index (χ2n) is 5.55. The minimum atomic E-state index is -0.847. The number of hydrogen-bond acceptors (Lipinski definition) is 3. The number of carboxylic acids is 1. The molecule has 4 nitrogen and oxygen atoms in total. The van der Waals surface area contributed by atoms with Crippen molar-refractivity contribution >= 4 is 5.97 Å². The summed E-state index contributed by atoms with van der Waals surface area (Å²) < 4.78 is 0. The maximum Gasteiger partial charge on any atom is 0.304 e. The summed E-state index contributed by atoms with van der Waals surface area (Å²) in [4.78, 5) is 12.9. The van der Waals surface area contributed by atoms with E-state index in [1.807, 2.05) is 19.0 Å². The molecule has 1 aliphatic carbocycles. The fourth-order valence-electron chi connectivity index (χ4n) is 3.02. The van der Waals surface area contributed by atoms with Crippen molar-refractivity contribution in [3.63, 3.8) is 0 Å². The van der Waals surface area contributed by atoms with E-state index in [1.165, 1.54) is 17.5 Å². The van der Waals surface area contributed by atoms with Gasteiger partial charge in [-0.3, -0.25) is 4.79 Å². The molecule has 3 N–H and O–H groups in total. The molecule has 1 aromatic carbocycles. The highest BCUT2D eigenvalue weighted by Crippen LogP contribution is 2.29. The number of hydrogen-bond donors (Lipinski definition) is 2. The highest BCUT2D eigenvalue weighted by Gasteiger charge is 2.25. The quantitative estimate of drug-likeness (QED) is 0.845. The van der Waals surface area contributed by atoms with Crippen LogP contribution in [0.1, 0.15) is 35.6 Å². The molecule has 19 heavy (non-hydrogen) atoms. The number of nitrogens with two attached hydrogens (primary N) is 1. The molecule has 0 heterocycles. The van der Waals surface area contributed by atoms with Gasteiger partial charge in [0.25, 0.3) is 0 Å². The van der Waals surface area contributed by atoms with E-state index in [4.69, 9.17) is 10.8 Å². The highest BCUT2D eigenvalue weighted by molar-refractivity contribution is 5.67. The second kappa shape index (κ2) is 5.72. The fourth-order valence-corrected chi connectivity index (χ4v) is 3.02. The standard InChI is InChI=1S/C15H22N2O2/c1-17(2)15(13(16)9-14(18)19)12-7-6-10-4-3-5-11(10)8-12/h6-8,13,15H,3-5,9,16H2,1-2H3,(H,18,19). The molecule has 0 amide bonds. The Bertz CT molecular complexity index is 471. The van der Waals surface area contributed by atoms with Crippen molar-refractivity contribution in [2.75, 3.05) is 14.1 Å². The van der Waals surface area contributed by atoms with Gasteiger partial charge in [-0.1, -0.05) is 18.2 Å². The van der Waals surface area contributed by atoms with Gasteiger partial charge in [0.15, 0.2) is 0 Å². The van der Waals surface area contributed by atoms with Crippen molar-refractivity contribution in [1.29, 1.82) is 0 Å². The largest absolute Gasteiger partial charge is 0.481 e. The molecule has 1 aliphatic rings. The molecule has 0 radical (unpaired) electrons. The van der Waals surface area contributed by atoms with Crippen molar-refractivity contribution in [1.82, 2.24) is 4.90 Å². The summed E-state index contributed by atoms with van der Waals surface area (Å²) in [6, 6.07) is 6.02. The molecule has 4 heteroatoms. The van der Waals surface area contributed by atoms with Crippen molar-refractivity contribution in [3.05, 3.63) is 34.9 Å². The fraction of sp³-hybridized carbons (Fsp3) is 0.533. The lowest BCUT2D eigenvalue weighted by Gasteiger charge is -2.30. The molecule has 2 rings (SSSR count). The lowest BCUT2D eigenvalue weighted by atomic mass is 9.94. The predicted octanol–water partition coefficient (Wildman–Crippen LogP) is 1.58. The van der Waals surface area contributed by atoms with Crippen LogP contribution in [0.25, 0.3) is 0 Å². The number of rotatable bonds is 5. The zero-order valence-electron chi connectivity index (χ0n) is 11.6. The minimum absolute atomic E-state index is 0.0140. The number of carbonyl (C=O) groups is 1. The van der Waals surface area contributed by atoms with E-state index in [-0.39, 0.29) is 12.5 Å². The molecule has 104 valence electrons. The second-order valence-corrected chi connectivity index (χ2v) is 5.55. The predicted molar refractivity (Wildman–Crippen MR) is 75.1 cm³/mol. The molecule has 1 aromatic rings. The maximum absolute atomic E-state index is 10.9. The lowest BCUT2D eigenvalue weighted by molar-refractivity contribution is -0.137. The van der Waals surface area contributed by atoms with Crippen molar-refractivity contribution < 1.29 is 9.90 Å². The topological polar surface area (TPSA) is 66.6 Å². The molecule has 0 aliphatic heterocycles. The molecule has 0 aromatic heterocycles. The number of nitrogens with zero attached hydrogens (tertiary/aromatic N) is 1. The lowest BCUT2D eigenvalue weighted by Crippen LogP contribution is -2.38. The molecule has 2 unspecified atom stereocenters. The van der Waals surface area contributed by atoms with Gasteiger partial charge in [-0.25, -0.2) is 0 Å². The Hall–Kier alpha value is -1.39. The monoisotopic (exact) mass is 262 g/mol. The van der Waals surface area contributed by atoms with Crippen LogP contribution in [0.5, 0.6) is 0 Å². The van der Waals surface area contributed by atoms with Crippen molar-refractivity contribution in [3.8, 4) is 0 Å². The number of aryl methyl sites for hydroxylation is 2. The molecule has 0 bridgehead atoms. The number of carboxylic acid groups (broad SMARTS) is 1. The van der Waals surface area contributed by atoms with Crippen LogP contribution in [0.4, 0.5) is 0 Å². The van der Waals surface area contributed by atoms with E-state index >= 15 is 0 Å². The molecule has 0 fully saturated rings. The number of likely N-dealkylation sites (N-methyl/N-ethyl adjacent to an activating group) is 1. The van der Waals surface area contributed by atoms with Crippen LogP contribution >= 0.6 is 0 Å². The summed E-state index contributed by atoms with van der Waals surface area (Å²) in [5, 5.41) is 8.92. The van der Waals surface area contributed by atoms with Crippen LogP contribution < -0.4 is 5.73 Å².